The quantitative estimate of drug-likeness (QED) is 0.286. The summed E-state index contributed by atoms with van der Waals surface area (Å²) in [5.41, 5.74) is 0. The summed E-state index contributed by atoms with van der Waals surface area (Å²) in [5, 5.41) is 0. The van der Waals surface area contributed by atoms with Crippen LogP contribution in [0.15, 0.2) is 0 Å². The van der Waals surface area contributed by atoms with Crippen LogP contribution in [0, 0.1) is 31.0 Å². The third-order valence-electron chi connectivity index (χ3n) is 1.56. The molecule has 0 fully saturated rings. The third kappa shape index (κ3) is 5.24. The molecule has 0 amide bonds. The molecular weight excluding hydrogens is 228 g/mol. The van der Waals surface area contributed by atoms with Crippen LogP contribution in [0.1, 0.15) is 13.3 Å². The van der Waals surface area contributed by atoms with Gasteiger partial charge in [-0.2, -0.15) is 0 Å². The van der Waals surface area contributed by atoms with Gasteiger partial charge in [-0.15, -0.1) is 0 Å². The van der Waals surface area contributed by atoms with Gasteiger partial charge in [-0.25, -0.2) is 9.59 Å². The van der Waals surface area contributed by atoms with E-state index in [-0.39, 0.29) is 6.61 Å². The second-order valence-corrected chi connectivity index (χ2v) is 2.64. The highest BCUT2D eigenvalue weighted by molar-refractivity contribution is 5.98. The Morgan fingerprint density at radius 3 is 1.94 bits per heavy atom. The highest BCUT2D eigenvalue weighted by Gasteiger charge is 2.33. The normalized spacial score (nSPS) is 8.71. The smallest absolute Gasteiger partial charge is 0.334 e. The average molecular weight is 238 g/mol. The zero-order valence-corrected chi connectivity index (χ0v) is 9.10. The van der Waals surface area contributed by atoms with Gasteiger partial charge in [-0.1, -0.05) is 12.8 Å². The molecule has 0 bridgehead atoms. The lowest BCUT2D eigenvalue weighted by Gasteiger charge is -2.09. The Hall–Kier alpha value is -2.47. The van der Waals surface area contributed by atoms with Crippen molar-refractivity contribution in [3.05, 3.63) is 0 Å². The molecule has 0 aromatic heterocycles. The van der Waals surface area contributed by atoms with Crippen LogP contribution in [-0.4, -0.2) is 24.5 Å². The van der Waals surface area contributed by atoms with Crippen LogP contribution >= 0.6 is 0 Å². The fraction of sp³-hybridized carbons (Fsp3) is 0.364. The molecule has 0 aromatic carbocycles. The maximum atomic E-state index is 11.3. The lowest BCUT2D eigenvalue weighted by Crippen LogP contribution is -2.29. The van der Waals surface area contributed by atoms with Crippen molar-refractivity contribution in [2.75, 3.05) is 6.61 Å². The molecule has 0 N–H and O–H groups in total. The number of hydrogen-bond donors (Lipinski definition) is 0. The van der Waals surface area contributed by atoms with Gasteiger partial charge >= 0.3 is 17.9 Å². The maximum absolute atomic E-state index is 11.3. The van der Waals surface area contributed by atoms with Crippen LogP contribution in [0.3, 0.4) is 0 Å². The van der Waals surface area contributed by atoms with Gasteiger partial charge < -0.3 is 14.2 Å². The summed E-state index contributed by atoms with van der Waals surface area (Å²) in [6.45, 7) is 1.69. The molecule has 17 heavy (non-hydrogen) atoms. The fourth-order valence-electron chi connectivity index (χ4n) is 0.908. The Morgan fingerprint density at radius 2 is 1.59 bits per heavy atom. The van der Waals surface area contributed by atoms with Gasteiger partial charge in [0.2, 0.25) is 0 Å². The molecule has 0 saturated heterocycles. The molecule has 6 heteroatoms. The molecule has 0 aromatic rings. The Kier molecular flexibility index (Phi) is 6.64. The minimum absolute atomic E-state index is 0.111. The number of rotatable bonds is 5. The molecule has 0 aliphatic rings. The third-order valence-corrected chi connectivity index (χ3v) is 1.56. The van der Waals surface area contributed by atoms with E-state index >= 15 is 0 Å². The molecule has 0 aliphatic heterocycles. The minimum atomic E-state index is -1.53. The lowest BCUT2D eigenvalue weighted by atomic mass is 10.1. The summed E-state index contributed by atoms with van der Waals surface area (Å²) in [6.07, 6.45) is 12.1. The molecule has 6 nitrogen and oxygen atoms in total. The molecule has 0 rings (SSSR count). The van der Waals surface area contributed by atoms with Gasteiger partial charge in [-0.3, -0.25) is 4.79 Å². The van der Waals surface area contributed by atoms with E-state index < -0.39 is 30.2 Å². The summed E-state index contributed by atoms with van der Waals surface area (Å²) < 4.78 is 12.9. The van der Waals surface area contributed by atoms with E-state index in [2.05, 4.69) is 14.2 Å². The summed E-state index contributed by atoms with van der Waals surface area (Å²) in [7, 11) is 0. The van der Waals surface area contributed by atoms with Crippen LogP contribution < -0.4 is 0 Å². The minimum Gasteiger partial charge on any atom is -0.466 e. The van der Waals surface area contributed by atoms with Crippen molar-refractivity contribution in [1.29, 1.82) is 0 Å². The van der Waals surface area contributed by atoms with Gasteiger partial charge in [0.05, 0.1) is 13.0 Å². The van der Waals surface area contributed by atoms with E-state index in [0.717, 1.165) is 0 Å². The van der Waals surface area contributed by atoms with Gasteiger partial charge in [0.25, 0.3) is 0 Å². The molecule has 0 radical (unpaired) electrons. The van der Waals surface area contributed by atoms with Crippen LogP contribution in [0.4, 0.5) is 0 Å². The highest BCUT2D eigenvalue weighted by Crippen LogP contribution is 2.09. The van der Waals surface area contributed by atoms with E-state index in [0.29, 0.717) is 0 Å². The monoisotopic (exact) mass is 238 g/mol. The first kappa shape index (κ1) is 14.5. The Morgan fingerprint density at radius 1 is 1.12 bits per heavy atom. The van der Waals surface area contributed by atoms with E-state index in [9.17, 15) is 14.4 Å². The molecule has 0 atom stereocenters. The Bertz CT molecular complexity index is 356. The SMILES string of the molecule is C#COC(=O)C(CC(=O)OCC)C(=O)OC#C. The molecule has 0 heterocycles. The number of carbonyl (C=O) groups excluding carboxylic acids is 3. The first-order valence-electron chi connectivity index (χ1n) is 4.55. The van der Waals surface area contributed by atoms with Gasteiger partial charge in [0, 0.05) is 0 Å². The number of terminal acetylenes is 2. The van der Waals surface area contributed by atoms with E-state index in [1.165, 1.54) is 0 Å². The zero-order valence-electron chi connectivity index (χ0n) is 9.10. The van der Waals surface area contributed by atoms with Crippen LogP contribution in [0.2, 0.25) is 0 Å². The van der Waals surface area contributed by atoms with Crippen molar-refractivity contribution in [2.24, 2.45) is 5.92 Å². The van der Waals surface area contributed by atoms with Crippen molar-refractivity contribution in [1.82, 2.24) is 0 Å². The van der Waals surface area contributed by atoms with Gasteiger partial charge in [0.1, 0.15) is 12.2 Å². The predicted molar refractivity (Wildman–Crippen MR) is 54.6 cm³/mol. The number of ether oxygens (including phenoxy) is 3. The van der Waals surface area contributed by atoms with E-state index in [4.69, 9.17) is 12.8 Å². The van der Waals surface area contributed by atoms with Gasteiger partial charge in [0.15, 0.2) is 5.92 Å². The summed E-state index contributed by atoms with van der Waals surface area (Å²) in [4.78, 5) is 33.6. The molecule has 0 unspecified atom stereocenters. The van der Waals surface area contributed by atoms with Crippen molar-refractivity contribution in [3.63, 3.8) is 0 Å². The number of carbonyl (C=O) groups is 3. The first-order valence-corrected chi connectivity index (χ1v) is 4.55. The number of esters is 3. The lowest BCUT2D eigenvalue weighted by molar-refractivity contribution is -0.160. The summed E-state index contributed by atoms with van der Waals surface area (Å²) in [5.74, 6) is -4.48. The van der Waals surface area contributed by atoms with Crippen LogP contribution in [0.25, 0.3) is 0 Å². The molecular formula is C11H10O6. The molecule has 0 spiro atoms. The molecule has 90 valence electrons. The van der Waals surface area contributed by atoms with Gasteiger partial charge in [-0.05, 0) is 6.92 Å². The van der Waals surface area contributed by atoms with E-state index in [1.54, 1.807) is 19.1 Å². The summed E-state index contributed by atoms with van der Waals surface area (Å²) in [6, 6.07) is 0. The average Bonchev–Trinajstić information content (AvgIpc) is 2.26. The van der Waals surface area contributed by atoms with E-state index in [1.807, 2.05) is 0 Å². The maximum Gasteiger partial charge on any atom is 0.334 e. The van der Waals surface area contributed by atoms with Crippen molar-refractivity contribution >= 4 is 17.9 Å². The topological polar surface area (TPSA) is 78.9 Å². The summed E-state index contributed by atoms with van der Waals surface area (Å²) >= 11 is 0. The second-order valence-electron chi connectivity index (χ2n) is 2.64. The largest absolute Gasteiger partial charge is 0.466 e. The predicted octanol–water partition coefficient (Wildman–Crippen LogP) is -0.176. The second kappa shape index (κ2) is 7.77. The van der Waals surface area contributed by atoms with Crippen molar-refractivity contribution < 1.29 is 28.6 Å². The Labute approximate surface area is 98.2 Å². The zero-order chi connectivity index (χ0) is 13.3. The fourth-order valence-corrected chi connectivity index (χ4v) is 0.908. The highest BCUT2D eigenvalue weighted by atomic mass is 16.6. The van der Waals surface area contributed by atoms with Crippen molar-refractivity contribution in [2.45, 2.75) is 13.3 Å². The standard InChI is InChI=1S/C11H10O6/c1-4-15-9(12)7-8(10(13)16-5-2)11(14)17-6-3/h2-3,8H,4,7H2,1H3. The number of hydrogen-bond acceptors (Lipinski definition) is 6. The molecule has 0 saturated carbocycles. The Balaban J connectivity index is 4.69. The first-order chi connectivity index (χ1) is 8.06. The van der Waals surface area contributed by atoms with Crippen LogP contribution in [0.5, 0.6) is 0 Å². The van der Waals surface area contributed by atoms with Crippen molar-refractivity contribution in [3.8, 4) is 25.1 Å². The van der Waals surface area contributed by atoms with Crippen LogP contribution in [-0.2, 0) is 28.6 Å². The molecule has 0 aliphatic carbocycles.